The molecule has 152 valence electrons. The molecule has 3 rings (SSSR count). The van der Waals surface area contributed by atoms with Crippen molar-refractivity contribution in [2.45, 2.75) is 52.1 Å². The molecular formula is C20H27ClN4O2S. The third-order valence-electron chi connectivity index (χ3n) is 4.51. The summed E-state index contributed by atoms with van der Waals surface area (Å²) >= 11 is 7.87. The molecule has 1 aromatic carbocycles. The van der Waals surface area contributed by atoms with Crippen LogP contribution in [-0.4, -0.2) is 49.8 Å². The van der Waals surface area contributed by atoms with Gasteiger partial charge in [0.05, 0.1) is 17.3 Å². The average molecular weight is 423 g/mol. The molecule has 0 bridgehead atoms. The van der Waals surface area contributed by atoms with Crippen molar-refractivity contribution in [2.24, 2.45) is 10.9 Å². The number of alkyl halides is 1. The van der Waals surface area contributed by atoms with Gasteiger partial charge in [0.25, 0.3) is 5.91 Å². The highest BCUT2D eigenvalue weighted by molar-refractivity contribution is 8.12. The van der Waals surface area contributed by atoms with Crippen molar-refractivity contribution in [3.05, 3.63) is 30.0 Å². The van der Waals surface area contributed by atoms with Gasteiger partial charge in [0.2, 0.25) is 0 Å². The van der Waals surface area contributed by atoms with E-state index in [4.69, 9.17) is 16.3 Å². The molecule has 2 aromatic rings. The molecule has 0 saturated carbocycles. The van der Waals surface area contributed by atoms with Gasteiger partial charge >= 0.3 is 0 Å². The maximum Gasteiger partial charge on any atom is 0.250 e. The molecule has 0 radical (unpaired) electrons. The van der Waals surface area contributed by atoms with Crippen molar-refractivity contribution < 1.29 is 9.53 Å². The fraction of sp³-hybridized carbons (Fsp3) is 0.550. The van der Waals surface area contributed by atoms with E-state index in [0.717, 1.165) is 23.0 Å². The van der Waals surface area contributed by atoms with E-state index in [1.165, 1.54) is 11.9 Å². The standard InChI is InChI=1S/C20H27ClN4O2S/c1-5-27-12-25-14(4)19(21)20(28-25)22-18(26)9-15-6-7-17-16(8-15)11-24(23-17)10-13(2)3/h6-8,11,13-14,19H,5,9-10,12H2,1-4H3. The summed E-state index contributed by atoms with van der Waals surface area (Å²) in [4.78, 5) is 16.8. The SMILES string of the molecule is CCOCN1SC(=NC(=O)Cc2ccc3nn(CC(C)C)cc3c2)C(Cl)C1C. The van der Waals surface area contributed by atoms with E-state index in [-0.39, 0.29) is 23.7 Å². The first-order valence-electron chi connectivity index (χ1n) is 9.61. The smallest absolute Gasteiger partial charge is 0.250 e. The normalized spacial score (nSPS) is 22.0. The number of carbonyl (C=O) groups is 1. The second-order valence-electron chi connectivity index (χ2n) is 7.43. The number of amides is 1. The van der Waals surface area contributed by atoms with Crippen LogP contribution < -0.4 is 0 Å². The summed E-state index contributed by atoms with van der Waals surface area (Å²) in [6.07, 6.45) is 2.28. The molecule has 8 heteroatoms. The van der Waals surface area contributed by atoms with Gasteiger partial charge in [-0.15, -0.1) is 11.6 Å². The molecular weight excluding hydrogens is 396 g/mol. The molecule has 1 aliphatic rings. The van der Waals surface area contributed by atoms with E-state index in [1.54, 1.807) is 0 Å². The lowest BCUT2D eigenvalue weighted by Gasteiger charge is -2.18. The van der Waals surface area contributed by atoms with Crippen LogP contribution in [-0.2, 0) is 22.5 Å². The summed E-state index contributed by atoms with van der Waals surface area (Å²) in [5.41, 5.74) is 1.87. The van der Waals surface area contributed by atoms with Gasteiger partial charge in [-0.2, -0.15) is 5.10 Å². The lowest BCUT2D eigenvalue weighted by atomic mass is 10.1. The van der Waals surface area contributed by atoms with Crippen LogP contribution in [0.2, 0.25) is 0 Å². The van der Waals surface area contributed by atoms with Crippen molar-refractivity contribution >= 4 is 45.4 Å². The van der Waals surface area contributed by atoms with Crippen LogP contribution in [0, 0.1) is 5.92 Å². The first-order chi connectivity index (χ1) is 13.4. The Kier molecular flexibility index (Phi) is 7.15. The second kappa shape index (κ2) is 9.39. The molecule has 28 heavy (non-hydrogen) atoms. The van der Waals surface area contributed by atoms with Gasteiger partial charge < -0.3 is 4.74 Å². The minimum absolute atomic E-state index is 0.0629. The number of aromatic nitrogens is 2. The predicted octanol–water partition coefficient (Wildman–Crippen LogP) is 4.11. The van der Waals surface area contributed by atoms with Gasteiger partial charge in [-0.05, 0) is 49.4 Å². The Hall–Kier alpha value is -1.41. The molecule has 1 aromatic heterocycles. The maximum absolute atomic E-state index is 12.5. The Labute approximate surface area is 175 Å². The third-order valence-corrected chi connectivity index (χ3v) is 6.41. The Morgan fingerprint density at radius 2 is 2.21 bits per heavy atom. The molecule has 1 fully saturated rings. The number of fused-ring (bicyclic) bond motifs is 1. The number of aliphatic imine (C=N–C) groups is 1. The number of benzene rings is 1. The van der Waals surface area contributed by atoms with Crippen molar-refractivity contribution in [1.29, 1.82) is 0 Å². The highest BCUT2D eigenvalue weighted by atomic mass is 35.5. The number of ether oxygens (including phenoxy) is 1. The number of hydrogen-bond acceptors (Lipinski definition) is 5. The molecule has 0 spiro atoms. The summed E-state index contributed by atoms with van der Waals surface area (Å²) in [7, 11) is 0. The summed E-state index contributed by atoms with van der Waals surface area (Å²) in [5, 5.41) is 5.96. The van der Waals surface area contributed by atoms with Gasteiger partial charge in [0.1, 0.15) is 11.8 Å². The molecule has 2 heterocycles. The fourth-order valence-electron chi connectivity index (χ4n) is 3.05. The van der Waals surface area contributed by atoms with Gasteiger partial charge in [-0.25, -0.2) is 9.30 Å². The second-order valence-corrected chi connectivity index (χ2v) is 8.97. The lowest BCUT2D eigenvalue weighted by Crippen LogP contribution is -2.29. The van der Waals surface area contributed by atoms with Crippen LogP contribution in [0.5, 0.6) is 0 Å². The Balaban J connectivity index is 1.68. The van der Waals surface area contributed by atoms with E-state index in [1.807, 2.05) is 47.2 Å². The largest absolute Gasteiger partial charge is 0.366 e. The predicted molar refractivity (Wildman–Crippen MR) is 116 cm³/mol. The van der Waals surface area contributed by atoms with E-state index < -0.39 is 0 Å². The molecule has 1 amide bonds. The third kappa shape index (κ3) is 5.14. The lowest BCUT2D eigenvalue weighted by molar-refractivity contribution is -0.117. The average Bonchev–Trinajstić information content (AvgIpc) is 3.14. The molecule has 0 aliphatic carbocycles. The Morgan fingerprint density at radius 3 is 2.93 bits per heavy atom. The number of halogens is 1. The van der Waals surface area contributed by atoms with Crippen LogP contribution in [0.4, 0.5) is 0 Å². The van der Waals surface area contributed by atoms with Gasteiger partial charge in [-0.3, -0.25) is 9.48 Å². The number of rotatable bonds is 7. The first kappa shape index (κ1) is 21.3. The molecule has 2 atom stereocenters. The van der Waals surface area contributed by atoms with E-state index >= 15 is 0 Å². The van der Waals surface area contributed by atoms with E-state index in [0.29, 0.717) is 24.3 Å². The van der Waals surface area contributed by atoms with E-state index in [2.05, 4.69) is 23.9 Å². The molecule has 1 aliphatic heterocycles. The van der Waals surface area contributed by atoms with Crippen LogP contribution in [0.3, 0.4) is 0 Å². The van der Waals surface area contributed by atoms with Gasteiger partial charge in [0.15, 0.2) is 0 Å². The zero-order chi connectivity index (χ0) is 20.3. The van der Waals surface area contributed by atoms with Crippen molar-refractivity contribution in [2.75, 3.05) is 13.3 Å². The highest BCUT2D eigenvalue weighted by Gasteiger charge is 2.36. The van der Waals surface area contributed by atoms with Crippen LogP contribution in [0.25, 0.3) is 10.9 Å². The summed E-state index contributed by atoms with van der Waals surface area (Å²) in [6, 6.07) is 5.98. The van der Waals surface area contributed by atoms with Gasteiger partial charge in [0, 0.05) is 30.8 Å². The summed E-state index contributed by atoms with van der Waals surface area (Å²) in [5.74, 6) is 0.343. The van der Waals surface area contributed by atoms with Crippen LogP contribution in [0.1, 0.15) is 33.3 Å². The summed E-state index contributed by atoms with van der Waals surface area (Å²) in [6.45, 7) is 10.3. The van der Waals surface area contributed by atoms with Crippen LogP contribution in [0.15, 0.2) is 29.4 Å². The van der Waals surface area contributed by atoms with Crippen molar-refractivity contribution in [3.8, 4) is 0 Å². The molecule has 1 saturated heterocycles. The zero-order valence-corrected chi connectivity index (χ0v) is 18.3. The summed E-state index contributed by atoms with van der Waals surface area (Å²) < 4.78 is 9.43. The minimum atomic E-state index is -0.300. The molecule has 2 unspecified atom stereocenters. The highest BCUT2D eigenvalue weighted by Crippen LogP contribution is 2.33. The van der Waals surface area contributed by atoms with Crippen LogP contribution >= 0.6 is 23.5 Å². The minimum Gasteiger partial charge on any atom is -0.366 e. The van der Waals surface area contributed by atoms with Gasteiger partial charge in [-0.1, -0.05) is 19.9 Å². The topological polar surface area (TPSA) is 59.7 Å². The Bertz CT molecular complexity index is 867. The zero-order valence-electron chi connectivity index (χ0n) is 16.8. The quantitative estimate of drug-likeness (QED) is 0.496. The number of hydrogen-bond donors (Lipinski definition) is 0. The fourth-order valence-corrected chi connectivity index (χ4v) is 4.52. The molecule has 6 nitrogen and oxygen atoms in total. The Morgan fingerprint density at radius 1 is 1.43 bits per heavy atom. The van der Waals surface area contributed by atoms with Crippen molar-refractivity contribution in [1.82, 2.24) is 14.1 Å². The van der Waals surface area contributed by atoms with Crippen molar-refractivity contribution in [3.63, 3.8) is 0 Å². The monoisotopic (exact) mass is 422 g/mol. The van der Waals surface area contributed by atoms with E-state index in [9.17, 15) is 4.79 Å². The number of nitrogens with zero attached hydrogens (tertiary/aromatic N) is 4. The maximum atomic E-state index is 12.5. The number of carbonyl (C=O) groups excluding carboxylic acids is 1. The molecule has 0 N–H and O–H groups in total. The first-order valence-corrected chi connectivity index (χ1v) is 10.8.